The minimum Gasteiger partial charge on any atom is -0.435 e. The van der Waals surface area contributed by atoms with Crippen molar-refractivity contribution in [2.75, 3.05) is 13.6 Å². The fourth-order valence-corrected chi connectivity index (χ4v) is 3.01. The van der Waals surface area contributed by atoms with Crippen LogP contribution in [-0.4, -0.2) is 31.1 Å². The van der Waals surface area contributed by atoms with Crippen molar-refractivity contribution >= 4 is 17.3 Å². The number of rotatable bonds is 8. The molecule has 25 heavy (non-hydrogen) atoms. The lowest BCUT2D eigenvalue weighted by Gasteiger charge is -2.12. The van der Waals surface area contributed by atoms with Gasteiger partial charge in [-0.15, -0.1) is 11.3 Å². The smallest absolute Gasteiger partial charge is 0.387 e. The van der Waals surface area contributed by atoms with Crippen molar-refractivity contribution < 1.29 is 13.5 Å². The SMILES string of the molecule is CCc1cnc(CCNC(=NC)NCc2cccc(OC(F)F)c2)s1. The van der Waals surface area contributed by atoms with E-state index in [1.807, 2.05) is 12.3 Å². The van der Waals surface area contributed by atoms with Crippen molar-refractivity contribution in [3.63, 3.8) is 0 Å². The van der Waals surface area contributed by atoms with Crippen LogP contribution in [0.25, 0.3) is 0 Å². The van der Waals surface area contributed by atoms with Gasteiger partial charge in [0.05, 0.1) is 5.01 Å². The number of nitrogens with one attached hydrogen (secondary N) is 2. The molecule has 5 nitrogen and oxygen atoms in total. The number of aliphatic imine (C=N–C) groups is 1. The molecule has 1 aromatic carbocycles. The third-order valence-electron chi connectivity index (χ3n) is 3.39. The topological polar surface area (TPSA) is 58.5 Å². The lowest BCUT2D eigenvalue weighted by atomic mass is 10.2. The van der Waals surface area contributed by atoms with Gasteiger partial charge in [-0.1, -0.05) is 19.1 Å². The van der Waals surface area contributed by atoms with Crippen molar-refractivity contribution in [1.82, 2.24) is 15.6 Å². The van der Waals surface area contributed by atoms with Gasteiger partial charge in [-0.3, -0.25) is 4.99 Å². The number of guanidine groups is 1. The fraction of sp³-hybridized carbons (Fsp3) is 0.412. The van der Waals surface area contributed by atoms with Crippen LogP contribution in [0.1, 0.15) is 22.4 Å². The first-order valence-corrected chi connectivity index (χ1v) is 8.84. The summed E-state index contributed by atoms with van der Waals surface area (Å²) >= 11 is 1.72. The van der Waals surface area contributed by atoms with Crippen LogP contribution in [0.5, 0.6) is 5.75 Å². The molecule has 2 N–H and O–H groups in total. The molecule has 2 rings (SSSR count). The van der Waals surface area contributed by atoms with E-state index < -0.39 is 6.61 Å². The zero-order valence-corrected chi connectivity index (χ0v) is 15.1. The van der Waals surface area contributed by atoms with E-state index in [4.69, 9.17) is 0 Å². The quantitative estimate of drug-likeness (QED) is 0.555. The fourth-order valence-electron chi connectivity index (χ4n) is 2.15. The van der Waals surface area contributed by atoms with Gasteiger partial charge in [0.2, 0.25) is 0 Å². The number of aryl methyl sites for hydroxylation is 1. The normalized spacial score (nSPS) is 11.6. The number of alkyl halides is 2. The number of hydrogen-bond donors (Lipinski definition) is 2. The van der Waals surface area contributed by atoms with E-state index in [-0.39, 0.29) is 5.75 Å². The van der Waals surface area contributed by atoms with Gasteiger partial charge >= 0.3 is 6.61 Å². The molecule has 0 aliphatic carbocycles. The Kier molecular flexibility index (Phi) is 7.59. The second-order valence-electron chi connectivity index (χ2n) is 5.20. The van der Waals surface area contributed by atoms with Gasteiger partial charge in [0.15, 0.2) is 5.96 Å². The van der Waals surface area contributed by atoms with Crippen LogP contribution >= 0.6 is 11.3 Å². The van der Waals surface area contributed by atoms with Crippen LogP contribution in [0.2, 0.25) is 0 Å². The average Bonchev–Trinajstić information content (AvgIpc) is 3.05. The van der Waals surface area contributed by atoms with Crippen LogP contribution in [0, 0.1) is 0 Å². The molecule has 2 aromatic rings. The maximum atomic E-state index is 12.3. The van der Waals surface area contributed by atoms with E-state index in [0.29, 0.717) is 19.0 Å². The van der Waals surface area contributed by atoms with Crippen LogP contribution in [0.4, 0.5) is 8.78 Å². The maximum Gasteiger partial charge on any atom is 0.387 e. The highest BCUT2D eigenvalue weighted by Crippen LogP contribution is 2.16. The first kappa shape index (κ1) is 19.1. The third-order valence-corrected chi connectivity index (χ3v) is 4.59. The van der Waals surface area contributed by atoms with Crippen LogP contribution < -0.4 is 15.4 Å². The van der Waals surface area contributed by atoms with Gasteiger partial charge in [-0.2, -0.15) is 8.78 Å². The number of ether oxygens (including phenoxy) is 1. The molecule has 0 aliphatic rings. The zero-order valence-electron chi connectivity index (χ0n) is 14.3. The summed E-state index contributed by atoms with van der Waals surface area (Å²) in [4.78, 5) is 9.81. The summed E-state index contributed by atoms with van der Waals surface area (Å²) in [5.74, 6) is 0.792. The number of halogens is 2. The Morgan fingerprint density at radius 1 is 1.36 bits per heavy atom. The molecule has 0 amide bonds. The predicted octanol–water partition coefficient (Wildman–Crippen LogP) is 3.21. The maximum absolute atomic E-state index is 12.3. The molecule has 0 saturated carbocycles. The van der Waals surface area contributed by atoms with Gasteiger partial charge < -0.3 is 15.4 Å². The molecule has 0 atom stereocenters. The molecule has 0 aliphatic heterocycles. The number of benzene rings is 1. The molecule has 0 spiro atoms. The lowest BCUT2D eigenvalue weighted by Crippen LogP contribution is -2.37. The summed E-state index contributed by atoms with van der Waals surface area (Å²) in [5, 5.41) is 7.46. The second kappa shape index (κ2) is 9.93. The van der Waals surface area contributed by atoms with E-state index in [2.05, 4.69) is 32.3 Å². The molecule has 1 aromatic heterocycles. The van der Waals surface area contributed by atoms with Crippen molar-refractivity contribution in [2.24, 2.45) is 4.99 Å². The summed E-state index contributed by atoms with van der Waals surface area (Å²) < 4.78 is 28.9. The molecule has 0 bridgehead atoms. The molecule has 136 valence electrons. The highest BCUT2D eigenvalue weighted by molar-refractivity contribution is 7.11. The molecule has 0 unspecified atom stereocenters. The number of hydrogen-bond acceptors (Lipinski definition) is 4. The Labute approximate surface area is 150 Å². The molecule has 0 radical (unpaired) electrons. The Morgan fingerprint density at radius 2 is 2.20 bits per heavy atom. The number of nitrogens with zero attached hydrogens (tertiary/aromatic N) is 2. The summed E-state index contributed by atoms with van der Waals surface area (Å²) in [5.41, 5.74) is 0.827. The Balaban J connectivity index is 1.78. The minimum absolute atomic E-state index is 0.146. The van der Waals surface area contributed by atoms with Gasteiger partial charge in [-0.25, -0.2) is 4.98 Å². The van der Waals surface area contributed by atoms with Gasteiger partial charge in [0.25, 0.3) is 0 Å². The second-order valence-corrected chi connectivity index (χ2v) is 6.40. The van der Waals surface area contributed by atoms with E-state index in [1.165, 1.54) is 10.9 Å². The molecule has 0 fully saturated rings. The summed E-state index contributed by atoms with van der Waals surface area (Å²) in [6, 6.07) is 6.59. The van der Waals surface area contributed by atoms with Crippen molar-refractivity contribution in [3.05, 3.63) is 45.9 Å². The Hall–Kier alpha value is -2.22. The van der Waals surface area contributed by atoms with Crippen molar-refractivity contribution in [2.45, 2.75) is 32.9 Å². The minimum atomic E-state index is -2.82. The van der Waals surface area contributed by atoms with Crippen molar-refractivity contribution in [1.29, 1.82) is 0 Å². The largest absolute Gasteiger partial charge is 0.435 e. The number of thiazole rings is 1. The van der Waals surface area contributed by atoms with Crippen molar-refractivity contribution in [3.8, 4) is 5.75 Å². The highest BCUT2D eigenvalue weighted by Gasteiger charge is 2.06. The standard InChI is InChI=1S/C17H22F2N4OS/c1-3-14-11-22-15(25-14)7-8-21-17(20-2)23-10-12-5-4-6-13(9-12)24-16(18)19/h4-6,9,11,16H,3,7-8,10H2,1-2H3,(H2,20,21,23). The van der Waals surface area contributed by atoms with E-state index in [9.17, 15) is 8.78 Å². The van der Waals surface area contributed by atoms with Gasteiger partial charge in [-0.05, 0) is 24.1 Å². The first-order chi connectivity index (χ1) is 12.1. The molecule has 8 heteroatoms. The molecular weight excluding hydrogens is 346 g/mol. The zero-order chi connectivity index (χ0) is 18.1. The Bertz CT molecular complexity index is 691. The summed E-state index contributed by atoms with van der Waals surface area (Å²) in [6.07, 6.45) is 3.74. The monoisotopic (exact) mass is 368 g/mol. The van der Waals surface area contributed by atoms with E-state index in [1.54, 1.807) is 30.5 Å². The first-order valence-electron chi connectivity index (χ1n) is 8.02. The van der Waals surface area contributed by atoms with E-state index in [0.717, 1.165) is 23.4 Å². The van der Waals surface area contributed by atoms with E-state index >= 15 is 0 Å². The molecular formula is C17H22F2N4OS. The van der Waals surface area contributed by atoms with Gasteiger partial charge in [0, 0.05) is 37.6 Å². The lowest BCUT2D eigenvalue weighted by molar-refractivity contribution is -0.0498. The Morgan fingerprint density at radius 3 is 2.88 bits per heavy atom. The average molecular weight is 368 g/mol. The summed E-state index contributed by atoms with van der Waals surface area (Å²) in [7, 11) is 1.68. The highest BCUT2D eigenvalue weighted by atomic mass is 32.1. The predicted molar refractivity (Wildman–Crippen MR) is 96.5 cm³/mol. The summed E-state index contributed by atoms with van der Waals surface area (Å²) in [6.45, 7) is 0.460. The molecule has 0 saturated heterocycles. The molecule has 1 heterocycles. The van der Waals surface area contributed by atoms with Crippen LogP contribution in [-0.2, 0) is 19.4 Å². The van der Waals surface area contributed by atoms with Crippen LogP contribution in [0.15, 0.2) is 35.5 Å². The number of aromatic nitrogens is 1. The van der Waals surface area contributed by atoms with Gasteiger partial charge in [0.1, 0.15) is 5.75 Å². The van der Waals surface area contributed by atoms with Crippen LogP contribution in [0.3, 0.4) is 0 Å². The third kappa shape index (κ3) is 6.66.